The van der Waals surface area contributed by atoms with Crippen LogP contribution in [0.1, 0.15) is 19.4 Å². The van der Waals surface area contributed by atoms with Crippen LogP contribution in [0.5, 0.6) is 0 Å². The predicted octanol–water partition coefficient (Wildman–Crippen LogP) is 1.98. The molecule has 6 nitrogen and oxygen atoms in total. The highest BCUT2D eigenvalue weighted by molar-refractivity contribution is 5.94. The molecule has 0 radical (unpaired) electrons. The van der Waals surface area contributed by atoms with Gasteiger partial charge in [-0.15, -0.1) is 0 Å². The normalized spacial score (nSPS) is 13.3. The van der Waals surface area contributed by atoms with Gasteiger partial charge < -0.3 is 15.0 Å². The third-order valence-corrected chi connectivity index (χ3v) is 3.35. The molecule has 0 aliphatic carbocycles. The van der Waals surface area contributed by atoms with E-state index in [0.29, 0.717) is 6.54 Å². The molecule has 0 fully saturated rings. The van der Waals surface area contributed by atoms with E-state index in [9.17, 15) is 9.59 Å². The number of benzene rings is 1. The number of nitriles is 1. The van der Waals surface area contributed by atoms with E-state index >= 15 is 0 Å². The molecule has 0 bridgehead atoms. The molecule has 1 N–H and O–H groups in total. The largest absolute Gasteiger partial charge is 0.462 e. The summed E-state index contributed by atoms with van der Waals surface area (Å²) in [6.45, 7) is 4.12. The Morgan fingerprint density at radius 2 is 2.27 bits per heavy atom. The van der Waals surface area contributed by atoms with Gasteiger partial charge in [-0.2, -0.15) is 5.26 Å². The van der Waals surface area contributed by atoms with E-state index in [2.05, 4.69) is 5.32 Å². The zero-order valence-corrected chi connectivity index (χ0v) is 12.5. The number of esters is 1. The number of ether oxygens (including phenoxy) is 1. The summed E-state index contributed by atoms with van der Waals surface area (Å²) in [4.78, 5) is 24.7. The minimum absolute atomic E-state index is 0.0217. The van der Waals surface area contributed by atoms with Gasteiger partial charge in [-0.3, -0.25) is 4.79 Å². The van der Waals surface area contributed by atoms with Gasteiger partial charge in [0.05, 0.1) is 6.61 Å². The molecule has 1 heterocycles. The fraction of sp³-hybridized carbons (Fsp3) is 0.312. The average Bonchev–Trinajstić information content (AvgIpc) is 2.91. The molecular weight excluding hydrogens is 282 g/mol. The summed E-state index contributed by atoms with van der Waals surface area (Å²) in [5.74, 6) is -0.630. The monoisotopic (exact) mass is 299 g/mol. The van der Waals surface area contributed by atoms with Crippen LogP contribution < -0.4 is 10.2 Å². The molecule has 0 spiro atoms. The van der Waals surface area contributed by atoms with Crippen LogP contribution in [0, 0.1) is 11.3 Å². The summed E-state index contributed by atoms with van der Waals surface area (Å²) >= 11 is 0. The molecule has 2 rings (SSSR count). The Hall–Kier alpha value is -2.81. The number of carbonyl (C=O) groups is 2. The lowest BCUT2D eigenvalue weighted by molar-refractivity contribution is -0.138. The second-order valence-electron chi connectivity index (χ2n) is 4.80. The Kier molecular flexibility index (Phi) is 4.79. The van der Waals surface area contributed by atoms with Gasteiger partial charge in [0.2, 0.25) is 5.91 Å². The second kappa shape index (κ2) is 6.76. The molecular formula is C16H17N3O3. The van der Waals surface area contributed by atoms with Crippen LogP contribution >= 0.6 is 0 Å². The molecule has 1 amide bonds. The van der Waals surface area contributed by atoms with Crippen LogP contribution in [0.3, 0.4) is 0 Å². The van der Waals surface area contributed by atoms with Crippen LogP contribution in [0.4, 0.5) is 11.4 Å². The molecule has 6 heteroatoms. The van der Waals surface area contributed by atoms with Crippen molar-refractivity contribution in [3.63, 3.8) is 0 Å². The smallest absolute Gasteiger partial charge is 0.350 e. The van der Waals surface area contributed by atoms with Crippen molar-refractivity contribution in [1.82, 2.24) is 0 Å². The van der Waals surface area contributed by atoms with Crippen LogP contribution in [-0.4, -0.2) is 25.0 Å². The predicted molar refractivity (Wildman–Crippen MR) is 82.1 cm³/mol. The fourth-order valence-electron chi connectivity index (χ4n) is 2.32. The topological polar surface area (TPSA) is 82.4 Å². The third-order valence-electron chi connectivity index (χ3n) is 3.35. The Balaban J connectivity index is 2.14. The van der Waals surface area contributed by atoms with Gasteiger partial charge in [0, 0.05) is 31.0 Å². The lowest BCUT2D eigenvalue weighted by Gasteiger charge is -2.14. The van der Waals surface area contributed by atoms with Crippen molar-refractivity contribution in [2.45, 2.75) is 20.3 Å². The molecule has 0 unspecified atom stereocenters. The summed E-state index contributed by atoms with van der Waals surface area (Å²) in [5.41, 5.74) is 2.63. The van der Waals surface area contributed by atoms with Gasteiger partial charge >= 0.3 is 5.97 Å². The first kappa shape index (κ1) is 15.6. The van der Waals surface area contributed by atoms with Crippen molar-refractivity contribution < 1.29 is 14.3 Å². The first-order valence-corrected chi connectivity index (χ1v) is 7.01. The van der Waals surface area contributed by atoms with Gasteiger partial charge in [-0.05, 0) is 37.1 Å². The first-order chi connectivity index (χ1) is 10.6. The second-order valence-corrected chi connectivity index (χ2v) is 4.80. The van der Waals surface area contributed by atoms with E-state index in [1.54, 1.807) is 30.9 Å². The number of nitrogens with zero attached hydrogens (tertiary/aromatic N) is 2. The first-order valence-electron chi connectivity index (χ1n) is 7.01. The van der Waals surface area contributed by atoms with Gasteiger partial charge in [0.1, 0.15) is 6.07 Å². The number of carbonyl (C=O) groups excluding carboxylic acids is 2. The minimum atomic E-state index is -0.651. The zero-order valence-electron chi connectivity index (χ0n) is 12.5. The highest BCUT2D eigenvalue weighted by Crippen LogP contribution is 2.30. The lowest BCUT2D eigenvalue weighted by Crippen LogP contribution is -2.25. The van der Waals surface area contributed by atoms with Crippen molar-refractivity contribution >= 4 is 23.3 Å². The van der Waals surface area contributed by atoms with Crippen molar-refractivity contribution in [2.24, 2.45) is 0 Å². The van der Waals surface area contributed by atoms with Gasteiger partial charge in [-0.1, -0.05) is 0 Å². The zero-order chi connectivity index (χ0) is 16.1. The van der Waals surface area contributed by atoms with E-state index in [4.69, 9.17) is 10.00 Å². The number of rotatable bonds is 4. The van der Waals surface area contributed by atoms with Crippen molar-refractivity contribution in [2.75, 3.05) is 23.4 Å². The third kappa shape index (κ3) is 3.26. The minimum Gasteiger partial charge on any atom is -0.462 e. The molecule has 0 aromatic heterocycles. The number of anilines is 2. The molecule has 1 aliphatic rings. The summed E-state index contributed by atoms with van der Waals surface area (Å²) in [5, 5.41) is 11.9. The Labute approximate surface area is 129 Å². The highest BCUT2D eigenvalue weighted by Gasteiger charge is 2.22. The number of amides is 1. The van der Waals surface area contributed by atoms with Gasteiger partial charge in [0.25, 0.3) is 0 Å². The number of nitrogens with one attached hydrogen (secondary N) is 1. The molecule has 22 heavy (non-hydrogen) atoms. The number of hydrogen-bond donors (Lipinski definition) is 1. The van der Waals surface area contributed by atoms with Gasteiger partial charge in [-0.25, -0.2) is 4.79 Å². The van der Waals surface area contributed by atoms with Crippen molar-refractivity contribution in [1.29, 1.82) is 5.26 Å². The van der Waals surface area contributed by atoms with E-state index in [1.165, 1.54) is 6.20 Å². The maximum Gasteiger partial charge on any atom is 0.350 e. The fourth-order valence-corrected chi connectivity index (χ4v) is 2.32. The standard InChI is InChI=1S/C16H17N3O3/c1-3-22-16(21)13(9-17)10-18-14-4-5-15-12(8-14)6-7-19(15)11(2)20/h4-5,8,10,18H,3,6-7H2,1-2H3. The molecule has 1 aromatic rings. The quantitative estimate of drug-likeness (QED) is 0.522. The summed E-state index contributed by atoms with van der Waals surface area (Å²) in [7, 11) is 0. The maximum atomic E-state index is 11.5. The SMILES string of the molecule is CCOC(=O)C(C#N)=CNc1ccc2c(c1)CCN2C(C)=O. The summed E-state index contributed by atoms with van der Waals surface area (Å²) in [6, 6.07) is 7.37. The van der Waals surface area contributed by atoms with E-state index < -0.39 is 5.97 Å². The molecule has 0 atom stereocenters. The Morgan fingerprint density at radius 1 is 1.50 bits per heavy atom. The molecule has 0 saturated carbocycles. The summed E-state index contributed by atoms with van der Waals surface area (Å²) in [6.07, 6.45) is 2.12. The van der Waals surface area contributed by atoms with Crippen LogP contribution in [0.2, 0.25) is 0 Å². The summed E-state index contributed by atoms with van der Waals surface area (Å²) < 4.78 is 4.78. The van der Waals surface area contributed by atoms with Gasteiger partial charge in [0.15, 0.2) is 5.57 Å². The van der Waals surface area contributed by atoms with Crippen LogP contribution in [0.15, 0.2) is 30.0 Å². The van der Waals surface area contributed by atoms with E-state index in [-0.39, 0.29) is 18.1 Å². The average molecular weight is 299 g/mol. The molecule has 114 valence electrons. The van der Waals surface area contributed by atoms with Crippen molar-refractivity contribution in [3.05, 3.63) is 35.5 Å². The Bertz CT molecular complexity index is 674. The number of fused-ring (bicyclic) bond motifs is 1. The lowest BCUT2D eigenvalue weighted by atomic mass is 10.1. The van der Waals surface area contributed by atoms with Crippen molar-refractivity contribution in [3.8, 4) is 6.07 Å². The molecule has 0 saturated heterocycles. The highest BCUT2D eigenvalue weighted by atomic mass is 16.5. The van der Waals surface area contributed by atoms with E-state index in [1.807, 2.05) is 12.1 Å². The van der Waals surface area contributed by atoms with Crippen LogP contribution in [0.25, 0.3) is 0 Å². The van der Waals surface area contributed by atoms with Crippen LogP contribution in [-0.2, 0) is 20.7 Å². The number of hydrogen-bond acceptors (Lipinski definition) is 5. The molecule has 1 aromatic carbocycles. The Morgan fingerprint density at radius 3 is 2.91 bits per heavy atom. The van der Waals surface area contributed by atoms with E-state index in [0.717, 1.165) is 23.4 Å². The molecule has 1 aliphatic heterocycles. The maximum absolute atomic E-state index is 11.5.